The van der Waals surface area contributed by atoms with E-state index in [9.17, 15) is 4.79 Å². The maximum atomic E-state index is 12.3. The maximum Gasteiger partial charge on any atom is 0.412 e. The molecule has 2 aliphatic heterocycles. The fourth-order valence-electron chi connectivity index (χ4n) is 4.00. The number of carbonyl (C=O) groups is 1. The summed E-state index contributed by atoms with van der Waals surface area (Å²) in [5, 5.41) is 0. The Bertz CT molecular complexity index is 603. The number of hydrogen-bond acceptors (Lipinski definition) is 4. The lowest BCUT2D eigenvalue weighted by atomic mass is 9.79. The van der Waals surface area contributed by atoms with Crippen molar-refractivity contribution >= 4 is 6.09 Å². The number of ether oxygens (including phenoxy) is 2. The van der Waals surface area contributed by atoms with E-state index in [4.69, 9.17) is 9.47 Å². The average molecular weight is 360 g/mol. The molecule has 2 atom stereocenters. The third-order valence-corrected chi connectivity index (χ3v) is 5.34. The van der Waals surface area contributed by atoms with E-state index in [2.05, 4.69) is 42.2 Å². The number of nitrogens with zero attached hydrogens (tertiary/aromatic N) is 2. The van der Waals surface area contributed by atoms with Crippen LogP contribution in [0, 0.1) is 0 Å². The third-order valence-electron chi connectivity index (χ3n) is 5.34. The van der Waals surface area contributed by atoms with Crippen LogP contribution in [0.3, 0.4) is 0 Å². The van der Waals surface area contributed by atoms with Gasteiger partial charge in [-0.05, 0) is 51.6 Å². The summed E-state index contributed by atoms with van der Waals surface area (Å²) in [6.07, 6.45) is 1.58. The van der Waals surface area contributed by atoms with Crippen LogP contribution < -0.4 is 0 Å². The van der Waals surface area contributed by atoms with E-state index in [1.807, 2.05) is 20.8 Å². The van der Waals surface area contributed by atoms with Crippen molar-refractivity contribution < 1.29 is 14.3 Å². The van der Waals surface area contributed by atoms with Gasteiger partial charge in [0.15, 0.2) is 0 Å². The van der Waals surface area contributed by atoms with Crippen LogP contribution in [0.2, 0.25) is 0 Å². The Morgan fingerprint density at radius 2 is 2.04 bits per heavy atom. The van der Waals surface area contributed by atoms with Crippen LogP contribution in [-0.4, -0.2) is 60.0 Å². The third kappa shape index (κ3) is 4.57. The molecule has 5 heteroatoms. The molecule has 1 spiro atoms. The van der Waals surface area contributed by atoms with Gasteiger partial charge in [-0.3, -0.25) is 4.90 Å². The van der Waals surface area contributed by atoms with Gasteiger partial charge in [-0.15, -0.1) is 0 Å². The number of rotatable bonds is 2. The summed E-state index contributed by atoms with van der Waals surface area (Å²) in [5.74, 6) is 0.470. The van der Waals surface area contributed by atoms with Crippen molar-refractivity contribution in [2.24, 2.45) is 0 Å². The molecule has 1 amide bonds. The van der Waals surface area contributed by atoms with Gasteiger partial charge in [0.05, 0.1) is 5.60 Å². The van der Waals surface area contributed by atoms with Crippen molar-refractivity contribution in [3.63, 3.8) is 0 Å². The average Bonchev–Trinajstić information content (AvgIpc) is 2.61. The van der Waals surface area contributed by atoms with Gasteiger partial charge >= 0.3 is 6.09 Å². The largest absolute Gasteiger partial charge is 0.444 e. The lowest BCUT2D eigenvalue weighted by Gasteiger charge is -2.49. The van der Waals surface area contributed by atoms with E-state index in [1.165, 1.54) is 5.56 Å². The van der Waals surface area contributed by atoms with Gasteiger partial charge in [-0.2, -0.15) is 0 Å². The highest BCUT2D eigenvalue weighted by Crippen LogP contribution is 2.39. The Kier molecular flexibility index (Phi) is 5.58. The van der Waals surface area contributed by atoms with Crippen LogP contribution in [-0.2, 0) is 9.47 Å². The molecule has 2 aliphatic rings. The molecule has 0 saturated carbocycles. The van der Waals surface area contributed by atoms with Crippen molar-refractivity contribution in [3.8, 4) is 0 Å². The highest BCUT2D eigenvalue weighted by Gasteiger charge is 2.44. The standard InChI is InChI=1S/C21H32N2O3/c1-5-22-14-18(17-9-7-6-8-10-17)13-21(15-22)11-12-23(16-25-21)19(24)26-20(2,3)4/h6-10,18H,5,11-16H2,1-4H3. The molecule has 3 rings (SSSR count). The fraction of sp³-hybridized carbons (Fsp3) is 0.667. The number of hydrogen-bond donors (Lipinski definition) is 0. The van der Waals surface area contributed by atoms with E-state index < -0.39 is 5.60 Å². The van der Waals surface area contributed by atoms with E-state index in [1.54, 1.807) is 4.90 Å². The molecule has 0 aromatic heterocycles. The Morgan fingerprint density at radius 1 is 1.31 bits per heavy atom. The summed E-state index contributed by atoms with van der Waals surface area (Å²) in [6, 6.07) is 10.7. The summed E-state index contributed by atoms with van der Waals surface area (Å²) >= 11 is 0. The van der Waals surface area contributed by atoms with Gasteiger partial charge in [-0.1, -0.05) is 37.3 Å². The van der Waals surface area contributed by atoms with Crippen LogP contribution in [0.1, 0.15) is 52.0 Å². The number of likely N-dealkylation sites (tertiary alicyclic amines) is 1. The number of amides is 1. The minimum absolute atomic E-state index is 0.173. The van der Waals surface area contributed by atoms with Crippen LogP contribution in [0.15, 0.2) is 30.3 Å². The highest BCUT2D eigenvalue weighted by atomic mass is 16.6. The summed E-state index contributed by atoms with van der Waals surface area (Å²) in [6.45, 7) is 11.9. The monoisotopic (exact) mass is 360 g/mol. The Morgan fingerprint density at radius 3 is 2.62 bits per heavy atom. The zero-order chi connectivity index (χ0) is 18.8. The van der Waals surface area contributed by atoms with Crippen LogP contribution in [0.5, 0.6) is 0 Å². The maximum absolute atomic E-state index is 12.3. The SMILES string of the molecule is CCN1CC(c2ccccc2)CC2(CCN(C(=O)OC(C)(C)C)CO2)C1. The predicted molar refractivity (Wildman–Crippen MR) is 102 cm³/mol. The number of benzene rings is 1. The second-order valence-corrected chi connectivity index (χ2v) is 8.59. The topological polar surface area (TPSA) is 42.0 Å². The van der Waals surface area contributed by atoms with Crippen LogP contribution >= 0.6 is 0 Å². The first-order chi connectivity index (χ1) is 12.3. The molecule has 1 aromatic rings. The van der Waals surface area contributed by atoms with Crippen molar-refractivity contribution in [2.75, 3.05) is 32.9 Å². The number of likely N-dealkylation sites (N-methyl/N-ethyl adjacent to an activating group) is 1. The lowest BCUT2D eigenvalue weighted by molar-refractivity contribution is -0.162. The van der Waals surface area contributed by atoms with Gasteiger partial charge in [0, 0.05) is 19.6 Å². The lowest BCUT2D eigenvalue weighted by Crippen LogP contribution is -2.58. The predicted octanol–water partition coefficient (Wildman–Crippen LogP) is 3.85. The summed E-state index contributed by atoms with van der Waals surface area (Å²) in [5.41, 5.74) is 0.727. The van der Waals surface area contributed by atoms with E-state index >= 15 is 0 Å². The van der Waals surface area contributed by atoms with E-state index in [-0.39, 0.29) is 11.7 Å². The minimum atomic E-state index is -0.478. The second-order valence-electron chi connectivity index (χ2n) is 8.59. The van der Waals surface area contributed by atoms with Crippen LogP contribution in [0.4, 0.5) is 4.79 Å². The zero-order valence-corrected chi connectivity index (χ0v) is 16.5. The molecule has 2 heterocycles. The van der Waals surface area contributed by atoms with E-state index in [0.717, 1.165) is 32.5 Å². The molecule has 0 aliphatic carbocycles. The van der Waals surface area contributed by atoms with Crippen molar-refractivity contribution in [2.45, 2.75) is 57.7 Å². The first kappa shape index (κ1) is 19.2. The Hall–Kier alpha value is -1.59. The molecule has 2 fully saturated rings. The highest BCUT2D eigenvalue weighted by molar-refractivity contribution is 5.68. The van der Waals surface area contributed by atoms with Crippen molar-refractivity contribution in [1.29, 1.82) is 0 Å². The molecule has 0 bridgehead atoms. The Labute approximate surface area is 157 Å². The van der Waals surface area contributed by atoms with Gasteiger partial charge < -0.3 is 14.4 Å². The molecular weight excluding hydrogens is 328 g/mol. The molecule has 2 saturated heterocycles. The number of carbonyl (C=O) groups excluding carboxylic acids is 1. The minimum Gasteiger partial charge on any atom is -0.444 e. The molecule has 0 radical (unpaired) electrons. The quantitative estimate of drug-likeness (QED) is 0.803. The zero-order valence-electron chi connectivity index (χ0n) is 16.5. The van der Waals surface area contributed by atoms with Gasteiger partial charge in [0.1, 0.15) is 12.3 Å². The van der Waals surface area contributed by atoms with Crippen molar-refractivity contribution in [3.05, 3.63) is 35.9 Å². The molecule has 26 heavy (non-hydrogen) atoms. The fourth-order valence-corrected chi connectivity index (χ4v) is 4.00. The summed E-state index contributed by atoms with van der Waals surface area (Å²) < 4.78 is 11.8. The summed E-state index contributed by atoms with van der Waals surface area (Å²) in [7, 11) is 0. The van der Waals surface area contributed by atoms with Gasteiger partial charge in [0.25, 0.3) is 0 Å². The Balaban J connectivity index is 1.67. The second kappa shape index (κ2) is 7.57. The normalized spacial score (nSPS) is 27.5. The van der Waals surface area contributed by atoms with Crippen molar-refractivity contribution in [1.82, 2.24) is 9.80 Å². The van der Waals surface area contributed by atoms with E-state index in [0.29, 0.717) is 19.2 Å². The molecule has 1 aromatic carbocycles. The molecule has 5 nitrogen and oxygen atoms in total. The molecule has 2 unspecified atom stereocenters. The van der Waals surface area contributed by atoms with Crippen LogP contribution in [0.25, 0.3) is 0 Å². The van der Waals surface area contributed by atoms with Gasteiger partial charge in [-0.25, -0.2) is 4.79 Å². The summed E-state index contributed by atoms with van der Waals surface area (Å²) in [4.78, 5) is 16.5. The van der Waals surface area contributed by atoms with Gasteiger partial charge in [0.2, 0.25) is 0 Å². The first-order valence-corrected chi connectivity index (χ1v) is 9.69. The number of piperidine rings is 1. The molecule has 0 N–H and O–H groups in total. The molecule has 144 valence electrons. The first-order valence-electron chi connectivity index (χ1n) is 9.69. The molecular formula is C21H32N2O3. The smallest absolute Gasteiger partial charge is 0.412 e.